The molecular formula is C12H18ClNO. The molecule has 2 N–H and O–H groups in total. The van der Waals surface area contributed by atoms with Crippen molar-refractivity contribution in [2.45, 2.75) is 32.4 Å². The van der Waals surface area contributed by atoms with Gasteiger partial charge in [0.25, 0.3) is 0 Å². The second-order valence-electron chi connectivity index (χ2n) is 4.30. The smallest absolute Gasteiger partial charge is 0.0652 e. The van der Waals surface area contributed by atoms with Crippen LogP contribution in [0.1, 0.15) is 26.3 Å². The molecule has 0 fully saturated rings. The summed E-state index contributed by atoms with van der Waals surface area (Å²) < 4.78 is 0. The van der Waals surface area contributed by atoms with Gasteiger partial charge in [-0.25, -0.2) is 0 Å². The fraction of sp³-hybridized carbons (Fsp3) is 0.500. The van der Waals surface area contributed by atoms with Crippen molar-refractivity contribution in [2.75, 3.05) is 6.61 Å². The topological polar surface area (TPSA) is 32.3 Å². The molecule has 0 saturated carbocycles. The van der Waals surface area contributed by atoms with E-state index in [0.717, 1.165) is 5.56 Å². The highest BCUT2D eigenvalue weighted by Gasteiger charge is 2.25. The SMILES string of the molecule is CC(C)NC(C)(CO)c1ccc(Cl)cc1. The number of benzene rings is 1. The van der Waals surface area contributed by atoms with Crippen molar-refractivity contribution in [3.63, 3.8) is 0 Å². The van der Waals surface area contributed by atoms with E-state index >= 15 is 0 Å². The van der Waals surface area contributed by atoms with Crippen LogP contribution in [0.15, 0.2) is 24.3 Å². The Labute approximate surface area is 96.3 Å². The van der Waals surface area contributed by atoms with E-state index in [1.54, 1.807) is 0 Å². The molecule has 3 heteroatoms. The lowest BCUT2D eigenvalue weighted by Gasteiger charge is -2.31. The van der Waals surface area contributed by atoms with Gasteiger partial charge in [-0.05, 0) is 38.5 Å². The van der Waals surface area contributed by atoms with Crippen molar-refractivity contribution in [3.05, 3.63) is 34.9 Å². The Balaban J connectivity index is 2.95. The Kier molecular flexibility index (Phi) is 4.14. The fourth-order valence-corrected chi connectivity index (χ4v) is 1.80. The zero-order valence-corrected chi connectivity index (χ0v) is 10.2. The largest absolute Gasteiger partial charge is 0.394 e. The predicted molar refractivity (Wildman–Crippen MR) is 64.2 cm³/mol. The highest BCUT2D eigenvalue weighted by atomic mass is 35.5. The normalized spacial score (nSPS) is 15.3. The first kappa shape index (κ1) is 12.5. The zero-order chi connectivity index (χ0) is 11.5. The van der Waals surface area contributed by atoms with Crippen LogP contribution >= 0.6 is 11.6 Å². The predicted octanol–water partition coefficient (Wildman–Crippen LogP) is 2.55. The number of hydrogen-bond donors (Lipinski definition) is 2. The van der Waals surface area contributed by atoms with Gasteiger partial charge < -0.3 is 10.4 Å². The van der Waals surface area contributed by atoms with Gasteiger partial charge in [0.2, 0.25) is 0 Å². The van der Waals surface area contributed by atoms with Crippen LogP contribution in [-0.4, -0.2) is 17.8 Å². The Morgan fingerprint density at radius 1 is 1.33 bits per heavy atom. The highest BCUT2D eigenvalue weighted by molar-refractivity contribution is 6.30. The Hall–Kier alpha value is -0.570. The number of halogens is 1. The fourth-order valence-electron chi connectivity index (χ4n) is 1.68. The van der Waals surface area contributed by atoms with Crippen molar-refractivity contribution in [3.8, 4) is 0 Å². The molecule has 0 aliphatic carbocycles. The summed E-state index contributed by atoms with van der Waals surface area (Å²) in [4.78, 5) is 0. The summed E-state index contributed by atoms with van der Waals surface area (Å²) >= 11 is 5.83. The third-order valence-corrected chi connectivity index (χ3v) is 2.66. The maximum absolute atomic E-state index is 9.46. The molecule has 1 atom stereocenters. The van der Waals surface area contributed by atoms with Gasteiger partial charge in [-0.2, -0.15) is 0 Å². The van der Waals surface area contributed by atoms with Gasteiger partial charge in [0.05, 0.1) is 12.1 Å². The minimum absolute atomic E-state index is 0.0623. The molecule has 0 bridgehead atoms. The molecule has 2 nitrogen and oxygen atoms in total. The Morgan fingerprint density at radius 2 is 1.87 bits per heavy atom. The average Bonchev–Trinajstić information content (AvgIpc) is 2.17. The summed E-state index contributed by atoms with van der Waals surface area (Å²) in [5, 5.41) is 13.5. The lowest BCUT2D eigenvalue weighted by Crippen LogP contribution is -2.46. The third-order valence-electron chi connectivity index (χ3n) is 2.40. The molecule has 0 saturated heterocycles. The standard InChI is InChI=1S/C12H18ClNO/c1-9(2)14-12(3,8-15)10-4-6-11(13)7-5-10/h4-7,9,14-15H,8H2,1-3H3. The van der Waals surface area contributed by atoms with E-state index in [-0.39, 0.29) is 6.61 Å². The van der Waals surface area contributed by atoms with Crippen molar-refractivity contribution < 1.29 is 5.11 Å². The quantitative estimate of drug-likeness (QED) is 0.829. The van der Waals surface area contributed by atoms with E-state index in [4.69, 9.17) is 11.6 Å². The number of aliphatic hydroxyl groups is 1. The first-order valence-electron chi connectivity index (χ1n) is 5.12. The molecule has 1 rings (SSSR count). The maximum atomic E-state index is 9.46. The molecule has 0 aliphatic heterocycles. The zero-order valence-electron chi connectivity index (χ0n) is 9.42. The van der Waals surface area contributed by atoms with Crippen LogP contribution in [-0.2, 0) is 5.54 Å². The van der Waals surface area contributed by atoms with Gasteiger partial charge in [-0.1, -0.05) is 23.7 Å². The number of hydrogen-bond acceptors (Lipinski definition) is 2. The van der Waals surface area contributed by atoms with Crippen LogP contribution in [0.3, 0.4) is 0 Å². The van der Waals surface area contributed by atoms with Crippen molar-refractivity contribution >= 4 is 11.6 Å². The van der Waals surface area contributed by atoms with Crippen LogP contribution in [0.25, 0.3) is 0 Å². The van der Waals surface area contributed by atoms with Crippen LogP contribution < -0.4 is 5.32 Å². The van der Waals surface area contributed by atoms with Gasteiger partial charge in [0.15, 0.2) is 0 Å². The van der Waals surface area contributed by atoms with Gasteiger partial charge in [-0.3, -0.25) is 0 Å². The molecule has 0 radical (unpaired) electrons. The van der Waals surface area contributed by atoms with E-state index in [2.05, 4.69) is 19.2 Å². The lowest BCUT2D eigenvalue weighted by atomic mass is 9.92. The maximum Gasteiger partial charge on any atom is 0.0652 e. The number of rotatable bonds is 4. The molecule has 1 unspecified atom stereocenters. The van der Waals surface area contributed by atoms with Gasteiger partial charge >= 0.3 is 0 Å². The van der Waals surface area contributed by atoms with Crippen LogP contribution in [0.5, 0.6) is 0 Å². The van der Waals surface area contributed by atoms with Crippen LogP contribution in [0.2, 0.25) is 5.02 Å². The van der Waals surface area contributed by atoms with Crippen molar-refractivity contribution in [1.82, 2.24) is 5.32 Å². The second kappa shape index (κ2) is 4.97. The summed E-state index contributed by atoms with van der Waals surface area (Å²) in [6, 6.07) is 7.87. The van der Waals surface area contributed by atoms with Gasteiger partial charge in [0.1, 0.15) is 0 Å². The van der Waals surface area contributed by atoms with Gasteiger partial charge in [0, 0.05) is 11.1 Å². The summed E-state index contributed by atoms with van der Waals surface area (Å²) in [7, 11) is 0. The molecule has 0 aliphatic rings. The molecule has 15 heavy (non-hydrogen) atoms. The minimum Gasteiger partial charge on any atom is -0.394 e. The molecule has 0 heterocycles. The summed E-state index contributed by atoms with van der Waals surface area (Å²) in [5.41, 5.74) is 0.641. The van der Waals surface area contributed by atoms with Crippen molar-refractivity contribution in [2.24, 2.45) is 0 Å². The molecule has 0 spiro atoms. The Bertz CT molecular complexity index is 310. The first-order chi connectivity index (χ1) is 6.98. The number of nitrogens with one attached hydrogen (secondary N) is 1. The average molecular weight is 228 g/mol. The Morgan fingerprint density at radius 3 is 2.27 bits per heavy atom. The van der Waals surface area contributed by atoms with E-state index < -0.39 is 5.54 Å². The minimum atomic E-state index is -0.404. The first-order valence-corrected chi connectivity index (χ1v) is 5.50. The molecule has 0 amide bonds. The lowest BCUT2D eigenvalue weighted by molar-refractivity contribution is 0.166. The highest BCUT2D eigenvalue weighted by Crippen LogP contribution is 2.22. The molecular weight excluding hydrogens is 210 g/mol. The third kappa shape index (κ3) is 3.20. The molecule has 0 aromatic heterocycles. The number of aliphatic hydroxyl groups excluding tert-OH is 1. The monoisotopic (exact) mass is 227 g/mol. The van der Waals surface area contributed by atoms with Crippen LogP contribution in [0, 0.1) is 0 Å². The van der Waals surface area contributed by atoms with E-state index in [1.165, 1.54) is 0 Å². The van der Waals surface area contributed by atoms with Crippen LogP contribution in [0.4, 0.5) is 0 Å². The van der Waals surface area contributed by atoms with Crippen molar-refractivity contribution in [1.29, 1.82) is 0 Å². The van der Waals surface area contributed by atoms with E-state index in [0.29, 0.717) is 11.1 Å². The van der Waals surface area contributed by atoms with Gasteiger partial charge in [-0.15, -0.1) is 0 Å². The summed E-state index contributed by atoms with van der Waals surface area (Å²) in [6.07, 6.45) is 0. The molecule has 84 valence electrons. The van der Waals surface area contributed by atoms with E-state index in [1.807, 2.05) is 31.2 Å². The summed E-state index contributed by atoms with van der Waals surface area (Å²) in [5.74, 6) is 0. The second-order valence-corrected chi connectivity index (χ2v) is 4.73. The molecule has 1 aromatic carbocycles. The summed E-state index contributed by atoms with van der Waals surface area (Å²) in [6.45, 7) is 6.16. The van der Waals surface area contributed by atoms with E-state index in [9.17, 15) is 5.11 Å². The molecule has 1 aromatic rings.